The Bertz CT molecular complexity index is 398. The van der Waals surface area contributed by atoms with Gasteiger partial charge in [-0.25, -0.2) is 9.48 Å². The largest absolute Gasteiger partial charge is 0.461 e. The molecule has 17 heavy (non-hydrogen) atoms. The van der Waals surface area contributed by atoms with Crippen LogP contribution in [0.4, 0.5) is 0 Å². The molecule has 0 spiro atoms. The van der Waals surface area contributed by atoms with Crippen molar-refractivity contribution in [3.8, 4) is 0 Å². The van der Waals surface area contributed by atoms with E-state index in [1.54, 1.807) is 11.6 Å². The normalized spacial score (nSPS) is 19.5. The monoisotopic (exact) mass is 240 g/mol. The molecule has 0 bridgehead atoms. The van der Waals surface area contributed by atoms with Gasteiger partial charge in [0, 0.05) is 13.2 Å². The van der Waals surface area contributed by atoms with E-state index in [4.69, 9.17) is 15.2 Å². The fraction of sp³-hybridized carbons (Fsp3) is 0.700. The summed E-state index contributed by atoms with van der Waals surface area (Å²) < 4.78 is 11.9. The number of esters is 1. The lowest BCUT2D eigenvalue weighted by Gasteiger charge is -2.10. The van der Waals surface area contributed by atoms with Gasteiger partial charge in [-0.15, -0.1) is 5.10 Å². The Labute approximate surface area is 98.9 Å². The molecular weight excluding hydrogens is 224 g/mol. The third-order valence-electron chi connectivity index (χ3n) is 2.70. The summed E-state index contributed by atoms with van der Waals surface area (Å²) in [6, 6.07) is 0.115. The second kappa shape index (κ2) is 5.24. The van der Waals surface area contributed by atoms with Gasteiger partial charge in [-0.1, -0.05) is 5.21 Å². The lowest BCUT2D eigenvalue weighted by atomic mass is 10.2. The Kier molecular flexibility index (Phi) is 3.70. The van der Waals surface area contributed by atoms with Gasteiger partial charge < -0.3 is 15.2 Å². The van der Waals surface area contributed by atoms with Crippen LogP contribution in [-0.2, 0) is 16.0 Å². The summed E-state index contributed by atoms with van der Waals surface area (Å²) in [5, 5.41) is 7.83. The smallest absolute Gasteiger partial charge is 0.360 e. The molecule has 1 fully saturated rings. The molecule has 0 aromatic carbocycles. The van der Waals surface area contributed by atoms with Gasteiger partial charge in [0.15, 0.2) is 5.69 Å². The number of carbonyl (C=O) groups is 1. The van der Waals surface area contributed by atoms with Crippen molar-refractivity contribution in [2.24, 2.45) is 5.73 Å². The third kappa shape index (κ3) is 2.29. The molecule has 1 aliphatic heterocycles. The van der Waals surface area contributed by atoms with Crippen molar-refractivity contribution in [1.29, 1.82) is 0 Å². The highest BCUT2D eigenvalue weighted by Gasteiger charge is 2.26. The highest BCUT2D eigenvalue weighted by Crippen LogP contribution is 2.20. The third-order valence-corrected chi connectivity index (χ3v) is 2.70. The number of ether oxygens (including phenoxy) is 2. The molecule has 7 heteroatoms. The van der Waals surface area contributed by atoms with E-state index in [0.717, 1.165) is 6.42 Å². The van der Waals surface area contributed by atoms with E-state index in [2.05, 4.69) is 10.3 Å². The highest BCUT2D eigenvalue weighted by molar-refractivity contribution is 5.88. The molecule has 7 nitrogen and oxygen atoms in total. The zero-order valence-electron chi connectivity index (χ0n) is 9.76. The van der Waals surface area contributed by atoms with Gasteiger partial charge in [0.25, 0.3) is 0 Å². The standard InChI is InChI=1S/C10H16N4O3/c1-2-17-10(15)9-8(5-11)14(13-12-9)7-3-4-16-6-7/h7H,2-6,11H2,1H3. The second-order valence-electron chi connectivity index (χ2n) is 3.77. The molecule has 1 saturated heterocycles. The van der Waals surface area contributed by atoms with E-state index in [0.29, 0.717) is 25.5 Å². The number of nitrogens with two attached hydrogens (primary N) is 1. The minimum atomic E-state index is -0.474. The first-order valence-corrected chi connectivity index (χ1v) is 5.67. The average molecular weight is 240 g/mol. The van der Waals surface area contributed by atoms with E-state index >= 15 is 0 Å². The maximum Gasteiger partial charge on any atom is 0.360 e. The molecule has 1 unspecified atom stereocenters. The lowest BCUT2D eigenvalue weighted by molar-refractivity contribution is 0.0518. The van der Waals surface area contributed by atoms with Crippen molar-refractivity contribution in [3.05, 3.63) is 11.4 Å². The fourth-order valence-corrected chi connectivity index (χ4v) is 1.87. The molecule has 1 aromatic heterocycles. The van der Waals surface area contributed by atoms with Crippen LogP contribution < -0.4 is 5.73 Å². The summed E-state index contributed by atoms with van der Waals surface area (Å²) in [5.74, 6) is -0.474. The average Bonchev–Trinajstić information content (AvgIpc) is 2.97. The van der Waals surface area contributed by atoms with Crippen LogP contribution in [0, 0.1) is 0 Å². The molecule has 0 aliphatic carbocycles. The van der Waals surface area contributed by atoms with Gasteiger partial charge in [0.05, 0.1) is 24.9 Å². The van der Waals surface area contributed by atoms with Gasteiger partial charge in [-0.3, -0.25) is 0 Å². The summed E-state index contributed by atoms with van der Waals surface area (Å²) in [6.45, 7) is 3.54. The minimum absolute atomic E-state index is 0.115. The van der Waals surface area contributed by atoms with Crippen LogP contribution in [0.2, 0.25) is 0 Å². The van der Waals surface area contributed by atoms with Crippen molar-refractivity contribution in [1.82, 2.24) is 15.0 Å². The molecule has 0 amide bonds. The summed E-state index contributed by atoms with van der Waals surface area (Å²) in [7, 11) is 0. The maximum atomic E-state index is 11.6. The Balaban J connectivity index is 2.25. The number of aromatic nitrogens is 3. The van der Waals surface area contributed by atoms with Crippen LogP contribution in [0.25, 0.3) is 0 Å². The van der Waals surface area contributed by atoms with Crippen molar-refractivity contribution in [3.63, 3.8) is 0 Å². The zero-order chi connectivity index (χ0) is 12.3. The van der Waals surface area contributed by atoms with E-state index in [1.165, 1.54) is 0 Å². The molecule has 2 rings (SSSR count). The summed E-state index contributed by atoms with van der Waals surface area (Å²) in [5.41, 5.74) is 6.47. The molecule has 0 radical (unpaired) electrons. The van der Waals surface area contributed by atoms with Gasteiger partial charge in [0.1, 0.15) is 0 Å². The molecule has 0 saturated carbocycles. The Morgan fingerprint density at radius 2 is 2.53 bits per heavy atom. The molecule has 1 aromatic rings. The van der Waals surface area contributed by atoms with Gasteiger partial charge in [0.2, 0.25) is 0 Å². The van der Waals surface area contributed by atoms with Gasteiger partial charge in [-0.05, 0) is 13.3 Å². The number of carbonyl (C=O) groups excluding carboxylic acids is 1. The predicted octanol–water partition coefficient (Wildman–Crippen LogP) is -0.125. The number of rotatable bonds is 4. The molecular formula is C10H16N4O3. The van der Waals surface area contributed by atoms with E-state index in [1.807, 2.05) is 0 Å². The molecule has 1 atom stereocenters. The first-order valence-electron chi connectivity index (χ1n) is 5.67. The van der Waals surface area contributed by atoms with Gasteiger partial charge >= 0.3 is 5.97 Å². The minimum Gasteiger partial charge on any atom is -0.461 e. The van der Waals surface area contributed by atoms with Crippen molar-refractivity contribution >= 4 is 5.97 Å². The first kappa shape index (κ1) is 12.0. The fourth-order valence-electron chi connectivity index (χ4n) is 1.87. The van der Waals surface area contributed by atoms with Crippen LogP contribution >= 0.6 is 0 Å². The van der Waals surface area contributed by atoms with E-state index in [-0.39, 0.29) is 18.3 Å². The molecule has 94 valence electrons. The number of nitrogens with zero attached hydrogens (tertiary/aromatic N) is 3. The van der Waals surface area contributed by atoms with E-state index < -0.39 is 5.97 Å². The lowest BCUT2D eigenvalue weighted by Crippen LogP contribution is -2.18. The maximum absolute atomic E-state index is 11.6. The Hall–Kier alpha value is -1.47. The SMILES string of the molecule is CCOC(=O)c1nnn(C2CCOC2)c1CN. The number of hydrogen-bond donors (Lipinski definition) is 1. The molecule has 1 aliphatic rings. The van der Waals surface area contributed by atoms with Crippen LogP contribution in [0.5, 0.6) is 0 Å². The predicted molar refractivity (Wildman–Crippen MR) is 58.3 cm³/mol. The first-order chi connectivity index (χ1) is 8.27. The van der Waals surface area contributed by atoms with Crippen LogP contribution in [0.15, 0.2) is 0 Å². The van der Waals surface area contributed by atoms with Crippen LogP contribution in [-0.4, -0.2) is 40.8 Å². The van der Waals surface area contributed by atoms with Crippen molar-refractivity contribution in [2.75, 3.05) is 19.8 Å². The molecule has 2 heterocycles. The van der Waals surface area contributed by atoms with Gasteiger partial charge in [-0.2, -0.15) is 0 Å². The van der Waals surface area contributed by atoms with Crippen LogP contribution in [0.3, 0.4) is 0 Å². The summed E-state index contributed by atoms with van der Waals surface area (Å²) in [6.07, 6.45) is 0.860. The highest BCUT2D eigenvalue weighted by atomic mass is 16.5. The zero-order valence-corrected chi connectivity index (χ0v) is 9.76. The quantitative estimate of drug-likeness (QED) is 0.737. The van der Waals surface area contributed by atoms with Crippen LogP contribution in [0.1, 0.15) is 35.6 Å². The molecule has 2 N–H and O–H groups in total. The van der Waals surface area contributed by atoms with Crippen molar-refractivity contribution < 1.29 is 14.3 Å². The number of hydrogen-bond acceptors (Lipinski definition) is 6. The Morgan fingerprint density at radius 1 is 1.71 bits per heavy atom. The second-order valence-corrected chi connectivity index (χ2v) is 3.77. The summed E-state index contributed by atoms with van der Waals surface area (Å²) in [4.78, 5) is 11.6. The Morgan fingerprint density at radius 3 is 3.12 bits per heavy atom. The van der Waals surface area contributed by atoms with E-state index in [9.17, 15) is 4.79 Å². The topological polar surface area (TPSA) is 92.3 Å². The summed E-state index contributed by atoms with van der Waals surface area (Å²) >= 11 is 0. The van der Waals surface area contributed by atoms with Crippen molar-refractivity contribution in [2.45, 2.75) is 25.9 Å².